The van der Waals surface area contributed by atoms with E-state index in [0.29, 0.717) is 12.1 Å². The van der Waals surface area contributed by atoms with Crippen molar-refractivity contribution in [2.45, 2.75) is 31.7 Å². The number of hydrogen-bond acceptors (Lipinski definition) is 2. The Bertz CT molecular complexity index is 777. The number of carbonyl (C=O) groups excluding carboxylic acids is 1. The summed E-state index contributed by atoms with van der Waals surface area (Å²) in [6.07, 6.45) is -4.94. The lowest BCUT2D eigenvalue weighted by Crippen LogP contribution is -2.57. The molecule has 0 N–H and O–H groups in total. The molecule has 0 radical (unpaired) electrons. The van der Waals surface area contributed by atoms with Crippen LogP contribution in [0.15, 0.2) is 54.6 Å². The van der Waals surface area contributed by atoms with Gasteiger partial charge in [-0.2, -0.15) is 13.2 Å². The third-order valence-electron chi connectivity index (χ3n) is 4.85. The number of benzene rings is 2. The summed E-state index contributed by atoms with van der Waals surface area (Å²) in [4.78, 5) is 14.9. The zero-order valence-corrected chi connectivity index (χ0v) is 14.8. The van der Waals surface area contributed by atoms with Gasteiger partial charge in [0.1, 0.15) is 5.82 Å². The first-order chi connectivity index (χ1) is 12.8. The lowest BCUT2D eigenvalue weighted by atomic mass is 9.98. The van der Waals surface area contributed by atoms with E-state index in [4.69, 9.17) is 0 Å². The molecule has 2 atom stereocenters. The minimum absolute atomic E-state index is 0.0484. The summed E-state index contributed by atoms with van der Waals surface area (Å²) in [5, 5.41) is 0. The Kier molecular flexibility index (Phi) is 5.51. The topological polar surface area (TPSA) is 23.6 Å². The molecule has 2 aromatic carbocycles. The number of halogens is 4. The van der Waals surface area contributed by atoms with E-state index in [-0.39, 0.29) is 19.1 Å². The highest BCUT2D eigenvalue weighted by Gasteiger charge is 2.47. The summed E-state index contributed by atoms with van der Waals surface area (Å²) in [5.74, 6) is -2.33. The monoisotopic (exact) mass is 380 g/mol. The van der Waals surface area contributed by atoms with E-state index in [1.54, 1.807) is 6.92 Å². The van der Waals surface area contributed by atoms with Gasteiger partial charge in [0.05, 0.1) is 6.04 Å². The molecule has 27 heavy (non-hydrogen) atoms. The van der Waals surface area contributed by atoms with Gasteiger partial charge in [0.25, 0.3) is 0 Å². The summed E-state index contributed by atoms with van der Waals surface area (Å²) in [6, 6.07) is 13.8. The first-order valence-corrected chi connectivity index (χ1v) is 8.67. The molecule has 2 aromatic rings. The van der Waals surface area contributed by atoms with Gasteiger partial charge in [0.2, 0.25) is 0 Å². The highest BCUT2D eigenvalue weighted by atomic mass is 19.4. The second kappa shape index (κ2) is 7.68. The number of hydrogen-bond donors (Lipinski definition) is 0. The smallest absolute Gasteiger partial charge is 0.325 e. The highest BCUT2D eigenvalue weighted by molar-refractivity contribution is 5.82. The number of alkyl halides is 3. The van der Waals surface area contributed by atoms with Crippen molar-refractivity contribution in [3.8, 4) is 0 Å². The van der Waals surface area contributed by atoms with Crippen LogP contribution in [0.25, 0.3) is 0 Å². The van der Waals surface area contributed by atoms with Crippen molar-refractivity contribution >= 4 is 5.91 Å². The molecule has 0 aliphatic carbocycles. The van der Waals surface area contributed by atoms with E-state index in [0.717, 1.165) is 10.5 Å². The third kappa shape index (κ3) is 4.47. The molecule has 1 heterocycles. The first kappa shape index (κ1) is 19.4. The third-order valence-corrected chi connectivity index (χ3v) is 4.85. The Morgan fingerprint density at radius 1 is 1.04 bits per heavy atom. The van der Waals surface area contributed by atoms with Crippen LogP contribution in [0.3, 0.4) is 0 Å². The van der Waals surface area contributed by atoms with Gasteiger partial charge in [-0.05, 0) is 30.2 Å². The van der Waals surface area contributed by atoms with Gasteiger partial charge < -0.3 is 4.90 Å². The second-order valence-electron chi connectivity index (χ2n) is 6.79. The first-order valence-electron chi connectivity index (χ1n) is 8.67. The van der Waals surface area contributed by atoms with Crippen molar-refractivity contribution in [1.29, 1.82) is 0 Å². The van der Waals surface area contributed by atoms with Crippen LogP contribution < -0.4 is 0 Å². The normalized spacial score (nSPS) is 21.3. The standard InChI is InChI=1S/C20H20F4N2O/c1-14-11-26(19(27)20(22,23)24)18(16-7-9-17(21)10-8-16)13-25(14)12-15-5-3-2-4-6-15/h2-10,14,18H,11-13H2,1H3. The summed E-state index contributed by atoms with van der Waals surface area (Å²) in [7, 11) is 0. The van der Waals surface area contributed by atoms with Gasteiger partial charge in [-0.3, -0.25) is 9.69 Å². The molecule has 2 unspecified atom stereocenters. The van der Waals surface area contributed by atoms with Crippen molar-refractivity contribution in [1.82, 2.24) is 9.80 Å². The average Bonchev–Trinajstić information content (AvgIpc) is 2.63. The van der Waals surface area contributed by atoms with Crippen LogP contribution in [-0.2, 0) is 11.3 Å². The molecule has 3 nitrogen and oxygen atoms in total. The Labute approximate surface area is 155 Å². The molecule has 0 saturated carbocycles. The quantitative estimate of drug-likeness (QED) is 0.747. The molecule has 0 bridgehead atoms. The van der Waals surface area contributed by atoms with Gasteiger partial charge in [-0.15, -0.1) is 0 Å². The van der Waals surface area contributed by atoms with E-state index in [1.807, 2.05) is 35.2 Å². The molecule has 1 saturated heterocycles. The molecule has 1 amide bonds. The Morgan fingerprint density at radius 3 is 2.26 bits per heavy atom. The maximum atomic E-state index is 13.3. The van der Waals surface area contributed by atoms with Gasteiger partial charge >= 0.3 is 12.1 Å². The Hall–Kier alpha value is -2.41. The summed E-state index contributed by atoms with van der Waals surface area (Å²) in [5.41, 5.74) is 1.52. The van der Waals surface area contributed by atoms with Crippen LogP contribution in [0.5, 0.6) is 0 Å². The summed E-state index contributed by atoms with van der Waals surface area (Å²) >= 11 is 0. The number of nitrogens with zero attached hydrogens (tertiary/aromatic N) is 2. The maximum Gasteiger partial charge on any atom is 0.471 e. The predicted molar refractivity (Wildman–Crippen MR) is 93.2 cm³/mol. The number of piperazine rings is 1. The van der Waals surface area contributed by atoms with Crippen LogP contribution in [0.4, 0.5) is 17.6 Å². The largest absolute Gasteiger partial charge is 0.471 e. The fourth-order valence-electron chi connectivity index (χ4n) is 3.42. The molecule has 1 aliphatic heterocycles. The van der Waals surface area contributed by atoms with Gasteiger partial charge in [0.15, 0.2) is 0 Å². The minimum Gasteiger partial charge on any atom is -0.325 e. The summed E-state index contributed by atoms with van der Waals surface area (Å²) in [6.45, 7) is 2.56. The van der Waals surface area contributed by atoms with Crippen LogP contribution in [0, 0.1) is 5.82 Å². The van der Waals surface area contributed by atoms with Gasteiger partial charge in [-0.25, -0.2) is 4.39 Å². The fraction of sp³-hybridized carbons (Fsp3) is 0.350. The molecule has 3 rings (SSSR count). The second-order valence-corrected chi connectivity index (χ2v) is 6.79. The minimum atomic E-state index is -4.94. The van der Waals surface area contributed by atoms with Gasteiger partial charge in [-0.1, -0.05) is 42.5 Å². The van der Waals surface area contributed by atoms with Gasteiger partial charge in [0, 0.05) is 25.7 Å². The van der Waals surface area contributed by atoms with E-state index in [9.17, 15) is 22.4 Å². The lowest BCUT2D eigenvalue weighted by Gasteiger charge is -2.45. The van der Waals surface area contributed by atoms with Crippen molar-refractivity contribution in [3.63, 3.8) is 0 Å². The van der Waals surface area contributed by atoms with Crippen molar-refractivity contribution in [2.24, 2.45) is 0 Å². The molecule has 1 aliphatic rings. The molecule has 0 aromatic heterocycles. The summed E-state index contributed by atoms with van der Waals surface area (Å²) < 4.78 is 52.5. The molecule has 0 spiro atoms. The molecule has 144 valence electrons. The number of rotatable bonds is 3. The molecule has 7 heteroatoms. The van der Waals surface area contributed by atoms with Crippen molar-refractivity contribution in [2.75, 3.05) is 13.1 Å². The predicted octanol–water partition coefficient (Wildman–Crippen LogP) is 4.16. The van der Waals surface area contributed by atoms with Crippen LogP contribution >= 0.6 is 0 Å². The zero-order valence-electron chi connectivity index (χ0n) is 14.8. The fourth-order valence-corrected chi connectivity index (χ4v) is 3.42. The van der Waals surface area contributed by atoms with Crippen LogP contribution in [0.2, 0.25) is 0 Å². The lowest BCUT2D eigenvalue weighted by molar-refractivity contribution is -0.191. The van der Waals surface area contributed by atoms with Crippen molar-refractivity contribution in [3.05, 3.63) is 71.5 Å². The van der Waals surface area contributed by atoms with E-state index in [1.165, 1.54) is 24.3 Å². The van der Waals surface area contributed by atoms with E-state index >= 15 is 0 Å². The zero-order chi connectivity index (χ0) is 19.6. The van der Waals surface area contributed by atoms with E-state index < -0.39 is 23.9 Å². The maximum absolute atomic E-state index is 13.3. The van der Waals surface area contributed by atoms with Crippen LogP contribution in [-0.4, -0.2) is 41.0 Å². The number of amides is 1. The van der Waals surface area contributed by atoms with E-state index in [2.05, 4.69) is 0 Å². The molecule has 1 fully saturated rings. The van der Waals surface area contributed by atoms with Crippen molar-refractivity contribution < 1.29 is 22.4 Å². The average molecular weight is 380 g/mol. The molecular formula is C20H20F4N2O. The SMILES string of the molecule is CC1CN(C(=O)C(F)(F)F)C(c2ccc(F)cc2)CN1Cc1ccccc1. The number of carbonyl (C=O) groups is 1. The molecular weight excluding hydrogens is 360 g/mol. The van der Waals surface area contributed by atoms with Crippen LogP contribution in [0.1, 0.15) is 24.1 Å². The Balaban J connectivity index is 1.89. The highest BCUT2D eigenvalue weighted by Crippen LogP contribution is 2.33. The Morgan fingerprint density at radius 2 is 1.67 bits per heavy atom.